The number of para-hydroxylation sites is 2. The second kappa shape index (κ2) is 8.82. The van der Waals surface area contributed by atoms with E-state index >= 15 is 0 Å². The van der Waals surface area contributed by atoms with Crippen molar-refractivity contribution in [3.05, 3.63) is 104 Å². The van der Waals surface area contributed by atoms with Crippen LogP contribution in [-0.2, 0) is 0 Å². The fraction of sp³-hybridized carbons (Fsp3) is 0.0476. The molecule has 0 radical (unpaired) electrons. The Balaban J connectivity index is 1.92. The third-order valence-corrected chi connectivity index (χ3v) is 4.48. The zero-order chi connectivity index (χ0) is 22.5. The SMILES string of the molecule is Cc1c(C(=O)Nc2ccccc2NC(=O)c2ccccc2)cc([N+](=O)[O-])cc1[N+](=O)[O-]. The Labute approximate surface area is 175 Å². The van der Waals surface area contributed by atoms with Gasteiger partial charge < -0.3 is 10.6 Å². The molecule has 0 saturated carbocycles. The van der Waals surface area contributed by atoms with Crippen molar-refractivity contribution in [2.45, 2.75) is 6.92 Å². The zero-order valence-corrected chi connectivity index (χ0v) is 16.2. The van der Waals surface area contributed by atoms with Crippen molar-refractivity contribution >= 4 is 34.6 Å². The number of rotatable bonds is 6. The molecule has 0 aliphatic carbocycles. The predicted octanol–water partition coefficient (Wildman–Crippen LogP) is 4.32. The Kier molecular flexibility index (Phi) is 6.01. The first kappa shape index (κ1) is 21.1. The van der Waals surface area contributed by atoms with E-state index in [1.165, 1.54) is 13.0 Å². The lowest BCUT2D eigenvalue weighted by atomic mass is 10.0. The molecule has 0 atom stereocenters. The number of non-ortho nitro benzene ring substituents is 1. The van der Waals surface area contributed by atoms with Gasteiger partial charge in [0.1, 0.15) is 0 Å². The summed E-state index contributed by atoms with van der Waals surface area (Å²) in [5, 5.41) is 27.6. The van der Waals surface area contributed by atoms with Crippen molar-refractivity contribution in [3.63, 3.8) is 0 Å². The normalized spacial score (nSPS) is 10.2. The number of carbonyl (C=O) groups is 2. The van der Waals surface area contributed by atoms with Gasteiger partial charge in [0, 0.05) is 17.2 Å². The van der Waals surface area contributed by atoms with Crippen LogP contribution in [0.25, 0.3) is 0 Å². The van der Waals surface area contributed by atoms with Crippen LogP contribution in [0.5, 0.6) is 0 Å². The Hall–Kier alpha value is -4.60. The van der Waals surface area contributed by atoms with Crippen molar-refractivity contribution in [1.82, 2.24) is 0 Å². The number of benzene rings is 3. The molecule has 0 saturated heterocycles. The monoisotopic (exact) mass is 420 g/mol. The molecule has 3 aromatic carbocycles. The molecule has 0 heterocycles. The maximum absolute atomic E-state index is 12.8. The van der Waals surface area contributed by atoms with E-state index in [0.29, 0.717) is 11.3 Å². The van der Waals surface area contributed by atoms with Crippen LogP contribution in [-0.4, -0.2) is 21.7 Å². The number of nitrogens with zero attached hydrogens (tertiary/aromatic N) is 2. The van der Waals surface area contributed by atoms with E-state index in [4.69, 9.17) is 0 Å². The second-order valence-corrected chi connectivity index (χ2v) is 6.47. The topological polar surface area (TPSA) is 144 Å². The molecule has 0 aromatic heterocycles. The number of hydrogen-bond acceptors (Lipinski definition) is 6. The van der Waals surface area contributed by atoms with Crippen LogP contribution in [0.3, 0.4) is 0 Å². The minimum atomic E-state index is -0.808. The lowest BCUT2D eigenvalue weighted by molar-refractivity contribution is -0.394. The fourth-order valence-electron chi connectivity index (χ4n) is 2.89. The summed E-state index contributed by atoms with van der Waals surface area (Å²) in [6.07, 6.45) is 0. The van der Waals surface area contributed by atoms with Gasteiger partial charge in [0.15, 0.2) is 0 Å². The van der Waals surface area contributed by atoms with Crippen LogP contribution in [0.15, 0.2) is 66.7 Å². The van der Waals surface area contributed by atoms with Gasteiger partial charge in [0.2, 0.25) is 0 Å². The van der Waals surface area contributed by atoms with Crippen molar-refractivity contribution in [1.29, 1.82) is 0 Å². The quantitative estimate of drug-likeness (QED) is 0.449. The molecule has 0 unspecified atom stereocenters. The van der Waals surface area contributed by atoms with E-state index in [1.54, 1.807) is 48.5 Å². The third-order valence-electron chi connectivity index (χ3n) is 4.48. The van der Waals surface area contributed by atoms with Gasteiger partial charge in [0.25, 0.3) is 23.2 Å². The van der Waals surface area contributed by atoms with Gasteiger partial charge in [-0.1, -0.05) is 30.3 Å². The van der Waals surface area contributed by atoms with Gasteiger partial charge in [-0.05, 0) is 31.2 Å². The number of carbonyl (C=O) groups excluding carboxylic acids is 2. The molecule has 0 spiro atoms. The highest BCUT2D eigenvalue weighted by Gasteiger charge is 2.25. The molecular formula is C21H16N4O6. The van der Waals surface area contributed by atoms with Gasteiger partial charge >= 0.3 is 0 Å². The summed E-state index contributed by atoms with van der Waals surface area (Å²) in [6.45, 7) is 1.33. The molecule has 10 nitrogen and oxygen atoms in total. The molecule has 3 rings (SSSR count). The molecule has 2 N–H and O–H groups in total. The van der Waals surface area contributed by atoms with Crippen LogP contribution in [0.4, 0.5) is 22.7 Å². The maximum Gasteiger partial charge on any atom is 0.279 e. The molecule has 2 amide bonds. The summed E-state index contributed by atoms with van der Waals surface area (Å²) < 4.78 is 0. The van der Waals surface area contributed by atoms with E-state index in [9.17, 15) is 29.8 Å². The zero-order valence-electron chi connectivity index (χ0n) is 16.2. The van der Waals surface area contributed by atoms with Crippen molar-refractivity contribution in [2.24, 2.45) is 0 Å². The Morgan fingerprint density at radius 1 is 0.774 bits per heavy atom. The fourth-order valence-corrected chi connectivity index (χ4v) is 2.89. The van der Waals surface area contributed by atoms with Crippen LogP contribution in [0.2, 0.25) is 0 Å². The number of anilines is 2. The van der Waals surface area contributed by atoms with E-state index in [0.717, 1.165) is 12.1 Å². The highest BCUT2D eigenvalue weighted by atomic mass is 16.6. The van der Waals surface area contributed by atoms with Crippen LogP contribution in [0, 0.1) is 27.2 Å². The van der Waals surface area contributed by atoms with E-state index in [-0.39, 0.29) is 16.8 Å². The molecule has 3 aromatic rings. The summed E-state index contributed by atoms with van der Waals surface area (Å²) in [6, 6.07) is 16.6. The second-order valence-electron chi connectivity index (χ2n) is 6.47. The number of amides is 2. The summed E-state index contributed by atoms with van der Waals surface area (Å²) in [7, 11) is 0. The average molecular weight is 420 g/mol. The van der Waals surface area contributed by atoms with Crippen LogP contribution < -0.4 is 10.6 Å². The largest absolute Gasteiger partial charge is 0.320 e. The van der Waals surface area contributed by atoms with Gasteiger partial charge in [-0.3, -0.25) is 29.8 Å². The summed E-state index contributed by atoms with van der Waals surface area (Å²) >= 11 is 0. The Morgan fingerprint density at radius 2 is 1.32 bits per heavy atom. The van der Waals surface area contributed by atoms with Crippen LogP contribution in [0.1, 0.15) is 26.3 Å². The van der Waals surface area contributed by atoms with E-state index < -0.39 is 33.0 Å². The molecule has 156 valence electrons. The highest BCUT2D eigenvalue weighted by molar-refractivity contribution is 6.10. The first-order valence-electron chi connectivity index (χ1n) is 8.98. The average Bonchev–Trinajstić information content (AvgIpc) is 2.75. The maximum atomic E-state index is 12.8. The highest BCUT2D eigenvalue weighted by Crippen LogP contribution is 2.29. The number of nitrogens with one attached hydrogen (secondary N) is 2. The molecular weight excluding hydrogens is 404 g/mol. The van der Waals surface area contributed by atoms with Crippen molar-refractivity contribution < 1.29 is 19.4 Å². The van der Waals surface area contributed by atoms with Gasteiger partial charge in [-0.15, -0.1) is 0 Å². The summed E-state index contributed by atoms with van der Waals surface area (Å²) in [4.78, 5) is 46.1. The van der Waals surface area contributed by atoms with E-state index in [1.807, 2.05) is 0 Å². The standard InChI is InChI=1S/C21H16N4O6/c1-13-16(11-15(24(28)29)12-19(13)25(30)31)21(27)23-18-10-6-5-9-17(18)22-20(26)14-7-3-2-4-8-14/h2-12H,1H3,(H,22,26)(H,23,27). The predicted molar refractivity (Wildman–Crippen MR) is 113 cm³/mol. The summed E-state index contributed by atoms with van der Waals surface area (Å²) in [5.41, 5.74) is -0.413. The first-order chi connectivity index (χ1) is 14.8. The van der Waals surface area contributed by atoms with Crippen molar-refractivity contribution in [3.8, 4) is 0 Å². The van der Waals surface area contributed by atoms with Gasteiger partial charge in [-0.2, -0.15) is 0 Å². The minimum Gasteiger partial charge on any atom is -0.320 e. The summed E-state index contributed by atoms with van der Waals surface area (Å²) in [5.74, 6) is -1.19. The van der Waals surface area contributed by atoms with Crippen LogP contribution >= 0.6 is 0 Å². The smallest absolute Gasteiger partial charge is 0.279 e. The van der Waals surface area contributed by atoms with Crippen molar-refractivity contribution in [2.75, 3.05) is 10.6 Å². The van der Waals surface area contributed by atoms with Gasteiger partial charge in [-0.25, -0.2) is 0 Å². The lowest BCUT2D eigenvalue weighted by Gasteiger charge is -2.13. The molecule has 31 heavy (non-hydrogen) atoms. The molecule has 0 fully saturated rings. The number of hydrogen-bond donors (Lipinski definition) is 2. The molecule has 10 heteroatoms. The Morgan fingerprint density at radius 3 is 1.87 bits per heavy atom. The minimum absolute atomic E-state index is 0.0149. The molecule has 0 bridgehead atoms. The Bertz CT molecular complexity index is 1190. The lowest BCUT2D eigenvalue weighted by Crippen LogP contribution is -2.18. The third kappa shape index (κ3) is 4.70. The number of nitro benzene ring substituents is 2. The number of nitro groups is 2. The molecule has 0 aliphatic rings. The van der Waals surface area contributed by atoms with E-state index in [2.05, 4.69) is 10.6 Å². The first-order valence-corrected chi connectivity index (χ1v) is 8.98. The molecule has 0 aliphatic heterocycles. The van der Waals surface area contributed by atoms with Gasteiger partial charge in [0.05, 0.1) is 32.9 Å².